The van der Waals surface area contributed by atoms with Gasteiger partial charge in [-0.3, -0.25) is 0 Å². The van der Waals surface area contributed by atoms with Crippen LogP contribution in [0.2, 0.25) is 0 Å². The third kappa shape index (κ3) is 2.75. The van der Waals surface area contributed by atoms with Crippen molar-refractivity contribution in [3.63, 3.8) is 0 Å². The highest BCUT2D eigenvalue weighted by Crippen LogP contribution is 2.29. The Hall–Kier alpha value is -0.880. The normalized spacial score (nSPS) is 18.9. The molecule has 18 heavy (non-hydrogen) atoms. The van der Waals surface area contributed by atoms with E-state index in [4.69, 9.17) is 4.74 Å². The molecule has 1 atom stereocenters. The maximum atomic E-state index is 11.7. The molecule has 1 saturated heterocycles. The molecule has 98 valence electrons. The molecule has 1 unspecified atom stereocenters. The van der Waals surface area contributed by atoms with Gasteiger partial charge in [0.05, 0.1) is 17.6 Å². The molecular weight excluding hydrogens is 316 g/mol. The van der Waals surface area contributed by atoms with Crippen molar-refractivity contribution >= 4 is 34.6 Å². The van der Waals surface area contributed by atoms with E-state index in [-0.39, 0.29) is 12.1 Å². The van der Waals surface area contributed by atoms with E-state index in [9.17, 15) is 4.79 Å². The van der Waals surface area contributed by atoms with Crippen molar-refractivity contribution in [1.29, 1.82) is 0 Å². The Bertz CT molecular complexity index is 456. The Kier molecular flexibility index (Phi) is 4.40. The summed E-state index contributed by atoms with van der Waals surface area (Å²) < 4.78 is 6.08. The molecule has 0 aromatic heterocycles. The molecule has 1 aromatic carbocycles. The maximum absolute atomic E-state index is 11.7. The zero-order chi connectivity index (χ0) is 13.1. The average molecular weight is 331 g/mol. The number of amides is 2. The topological polar surface area (TPSA) is 41.6 Å². The van der Waals surface area contributed by atoms with Gasteiger partial charge in [0.1, 0.15) is 5.75 Å². The molecule has 0 saturated carbocycles. The zero-order valence-corrected chi connectivity index (χ0v) is 12.5. The first-order valence-electron chi connectivity index (χ1n) is 5.65. The van der Waals surface area contributed by atoms with E-state index in [1.165, 1.54) is 0 Å². The van der Waals surface area contributed by atoms with Crippen LogP contribution in [0, 0.1) is 0 Å². The molecule has 2 amide bonds. The Morgan fingerprint density at radius 1 is 1.61 bits per heavy atom. The van der Waals surface area contributed by atoms with Gasteiger partial charge in [-0.15, -0.1) is 0 Å². The van der Waals surface area contributed by atoms with E-state index < -0.39 is 0 Å². The smallest absolute Gasteiger partial charge is 0.318 e. The van der Waals surface area contributed by atoms with E-state index in [1.54, 1.807) is 12.0 Å². The van der Waals surface area contributed by atoms with E-state index in [2.05, 4.69) is 33.9 Å². The monoisotopic (exact) mass is 330 g/mol. The molecule has 1 fully saturated rings. The second-order valence-electron chi connectivity index (χ2n) is 4.07. The standard InChI is InChI=1S/C12H15BrN2O2S/c1-17-11-3-2-8(6-9(11)13)10-7-15(4-5-18)12(16)14-10/h2-3,6,10,18H,4-5,7H2,1H3,(H,14,16). The Morgan fingerprint density at radius 2 is 2.39 bits per heavy atom. The highest BCUT2D eigenvalue weighted by molar-refractivity contribution is 9.10. The number of carbonyl (C=O) groups excluding carboxylic acids is 1. The molecule has 0 spiro atoms. The lowest BCUT2D eigenvalue weighted by atomic mass is 10.1. The van der Waals surface area contributed by atoms with Gasteiger partial charge in [0.25, 0.3) is 0 Å². The van der Waals surface area contributed by atoms with Crippen LogP contribution in [0.15, 0.2) is 22.7 Å². The van der Waals surface area contributed by atoms with Crippen molar-refractivity contribution in [3.05, 3.63) is 28.2 Å². The van der Waals surface area contributed by atoms with E-state index >= 15 is 0 Å². The van der Waals surface area contributed by atoms with Gasteiger partial charge >= 0.3 is 6.03 Å². The Morgan fingerprint density at radius 3 is 3.00 bits per heavy atom. The van der Waals surface area contributed by atoms with Crippen molar-refractivity contribution in [2.45, 2.75) is 6.04 Å². The van der Waals surface area contributed by atoms with E-state index in [1.807, 2.05) is 18.2 Å². The first-order valence-corrected chi connectivity index (χ1v) is 7.08. The molecule has 0 aliphatic carbocycles. The zero-order valence-electron chi connectivity index (χ0n) is 10.0. The van der Waals surface area contributed by atoms with Gasteiger partial charge in [0.15, 0.2) is 0 Å². The molecule has 1 aliphatic heterocycles. The van der Waals surface area contributed by atoms with E-state index in [0.717, 1.165) is 15.8 Å². The Labute approximate surface area is 120 Å². The fourth-order valence-electron chi connectivity index (χ4n) is 1.99. The van der Waals surface area contributed by atoms with Crippen molar-refractivity contribution in [3.8, 4) is 5.75 Å². The minimum absolute atomic E-state index is 0.0269. The number of hydrogen-bond donors (Lipinski definition) is 2. The average Bonchev–Trinajstić information content (AvgIpc) is 2.71. The van der Waals surface area contributed by atoms with Crippen LogP contribution in [0.1, 0.15) is 11.6 Å². The molecular formula is C12H15BrN2O2S. The summed E-state index contributed by atoms with van der Waals surface area (Å²) in [4.78, 5) is 13.5. The van der Waals surface area contributed by atoms with Crippen LogP contribution in [-0.4, -0.2) is 36.9 Å². The molecule has 0 radical (unpaired) electrons. The van der Waals surface area contributed by atoms with Crippen LogP contribution in [0.4, 0.5) is 4.79 Å². The SMILES string of the molecule is COc1ccc(C2CN(CCS)C(=O)N2)cc1Br. The van der Waals surface area contributed by atoms with Crippen LogP contribution in [0.3, 0.4) is 0 Å². The number of ether oxygens (including phenoxy) is 1. The number of nitrogens with zero attached hydrogens (tertiary/aromatic N) is 1. The molecule has 1 N–H and O–H groups in total. The second-order valence-corrected chi connectivity index (χ2v) is 5.37. The quantitative estimate of drug-likeness (QED) is 0.832. The van der Waals surface area contributed by atoms with Crippen molar-refractivity contribution in [2.24, 2.45) is 0 Å². The van der Waals surface area contributed by atoms with Crippen molar-refractivity contribution < 1.29 is 9.53 Å². The van der Waals surface area contributed by atoms with Gasteiger partial charge in [0, 0.05) is 18.8 Å². The van der Waals surface area contributed by atoms with Crippen LogP contribution >= 0.6 is 28.6 Å². The molecule has 0 bridgehead atoms. The van der Waals surface area contributed by atoms with Gasteiger partial charge in [-0.25, -0.2) is 4.79 Å². The van der Waals surface area contributed by atoms with Gasteiger partial charge in [0.2, 0.25) is 0 Å². The van der Waals surface area contributed by atoms with Gasteiger partial charge in [-0.05, 0) is 33.6 Å². The molecule has 4 nitrogen and oxygen atoms in total. The van der Waals surface area contributed by atoms with Crippen molar-refractivity contribution in [2.75, 3.05) is 26.0 Å². The predicted octanol–water partition coefficient (Wildman–Crippen LogP) is 2.45. The summed E-state index contributed by atoms with van der Waals surface area (Å²) in [6.07, 6.45) is 0. The fourth-order valence-corrected chi connectivity index (χ4v) is 2.79. The third-order valence-corrected chi connectivity index (χ3v) is 3.76. The highest BCUT2D eigenvalue weighted by Gasteiger charge is 2.29. The summed E-state index contributed by atoms with van der Waals surface area (Å²) in [5.41, 5.74) is 1.07. The predicted molar refractivity (Wildman–Crippen MR) is 77.4 cm³/mol. The number of thiol groups is 1. The summed E-state index contributed by atoms with van der Waals surface area (Å²) in [7, 11) is 1.63. The summed E-state index contributed by atoms with van der Waals surface area (Å²) in [6, 6.07) is 5.85. The molecule has 1 heterocycles. The molecule has 2 rings (SSSR count). The number of halogens is 1. The van der Waals surface area contributed by atoms with Gasteiger partial charge < -0.3 is 15.0 Å². The van der Waals surface area contributed by atoms with E-state index in [0.29, 0.717) is 18.8 Å². The number of methoxy groups -OCH3 is 1. The summed E-state index contributed by atoms with van der Waals surface area (Å²) in [5.74, 6) is 1.46. The summed E-state index contributed by atoms with van der Waals surface area (Å²) in [6.45, 7) is 1.35. The minimum Gasteiger partial charge on any atom is -0.496 e. The number of hydrogen-bond acceptors (Lipinski definition) is 3. The molecule has 1 aromatic rings. The van der Waals surface area contributed by atoms with Gasteiger partial charge in [-0.2, -0.15) is 12.6 Å². The second kappa shape index (κ2) is 5.84. The number of carbonyl (C=O) groups is 1. The van der Waals surface area contributed by atoms with Crippen LogP contribution in [-0.2, 0) is 0 Å². The lowest BCUT2D eigenvalue weighted by molar-refractivity contribution is 0.220. The van der Waals surface area contributed by atoms with Gasteiger partial charge in [-0.1, -0.05) is 6.07 Å². The van der Waals surface area contributed by atoms with Crippen LogP contribution in [0.5, 0.6) is 5.75 Å². The number of rotatable bonds is 4. The first-order chi connectivity index (χ1) is 8.65. The third-order valence-electron chi connectivity index (χ3n) is 2.94. The van der Waals surface area contributed by atoms with Crippen LogP contribution < -0.4 is 10.1 Å². The fraction of sp³-hybridized carbons (Fsp3) is 0.417. The summed E-state index contributed by atoms with van der Waals surface area (Å²) in [5, 5.41) is 2.96. The lowest BCUT2D eigenvalue weighted by Gasteiger charge is -2.13. The Balaban J connectivity index is 2.13. The van der Waals surface area contributed by atoms with Crippen molar-refractivity contribution in [1.82, 2.24) is 10.2 Å². The lowest BCUT2D eigenvalue weighted by Crippen LogP contribution is -2.29. The first kappa shape index (κ1) is 13.5. The highest BCUT2D eigenvalue weighted by atomic mass is 79.9. The molecule has 1 aliphatic rings. The van der Waals surface area contributed by atoms with Crippen LogP contribution in [0.25, 0.3) is 0 Å². The maximum Gasteiger partial charge on any atom is 0.318 e. The number of benzene rings is 1. The summed E-state index contributed by atoms with van der Waals surface area (Å²) >= 11 is 7.60. The number of urea groups is 1. The number of nitrogens with one attached hydrogen (secondary N) is 1. The minimum atomic E-state index is -0.0269. The largest absolute Gasteiger partial charge is 0.496 e. The molecule has 6 heteroatoms.